The Balaban J connectivity index is 2.18. The van der Waals surface area contributed by atoms with E-state index < -0.39 is 0 Å². The molecule has 0 unspecified atom stereocenters. The van der Waals surface area contributed by atoms with E-state index >= 15 is 0 Å². The van der Waals surface area contributed by atoms with Crippen LogP contribution in [-0.4, -0.2) is 38.8 Å². The van der Waals surface area contributed by atoms with E-state index in [4.69, 9.17) is 4.74 Å². The first kappa shape index (κ1) is 17.3. The number of rotatable bonds is 7. The van der Waals surface area contributed by atoms with Crippen LogP contribution in [0.4, 0.5) is 0 Å². The normalized spacial score (nSPS) is 23.9. The molecular weight excluding hydrogens is 250 g/mol. The summed E-state index contributed by atoms with van der Waals surface area (Å²) in [6, 6.07) is 0.586. The molecule has 0 aromatic rings. The third kappa shape index (κ3) is 6.60. The average Bonchev–Trinajstić information content (AvgIpc) is 2.46. The third-order valence-electron chi connectivity index (χ3n) is 4.24. The Kier molecular flexibility index (Phi) is 8.67. The van der Waals surface area contributed by atoms with Gasteiger partial charge in [-0.25, -0.2) is 0 Å². The Morgan fingerprint density at radius 3 is 2.50 bits per heavy atom. The largest absolute Gasteiger partial charge is 0.382 e. The maximum Gasteiger partial charge on any atom is 0.191 e. The summed E-state index contributed by atoms with van der Waals surface area (Å²) < 4.78 is 5.33. The molecule has 118 valence electrons. The summed E-state index contributed by atoms with van der Waals surface area (Å²) in [5, 5.41) is 6.92. The van der Waals surface area contributed by atoms with Gasteiger partial charge in [-0.15, -0.1) is 0 Å². The minimum Gasteiger partial charge on any atom is -0.382 e. The second-order valence-corrected chi connectivity index (χ2v) is 6.05. The summed E-state index contributed by atoms with van der Waals surface area (Å²) >= 11 is 0. The summed E-state index contributed by atoms with van der Waals surface area (Å²) in [6.07, 6.45) is 6.24. The van der Waals surface area contributed by atoms with Gasteiger partial charge < -0.3 is 15.4 Å². The van der Waals surface area contributed by atoms with Gasteiger partial charge in [0.25, 0.3) is 0 Å². The predicted molar refractivity (Wildman–Crippen MR) is 86.2 cm³/mol. The number of aliphatic imine (C=N–C) groups is 1. The van der Waals surface area contributed by atoms with Gasteiger partial charge in [0.1, 0.15) is 0 Å². The Labute approximate surface area is 124 Å². The monoisotopic (exact) mass is 283 g/mol. The van der Waals surface area contributed by atoms with Crippen molar-refractivity contribution in [2.75, 3.05) is 26.8 Å². The molecule has 0 bridgehead atoms. The molecule has 4 nitrogen and oxygen atoms in total. The van der Waals surface area contributed by atoms with Crippen LogP contribution in [0.2, 0.25) is 0 Å². The summed E-state index contributed by atoms with van der Waals surface area (Å²) in [6.45, 7) is 9.25. The molecule has 0 saturated heterocycles. The first-order valence-electron chi connectivity index (χ1n) is 8.22. The van der Waals surface area contributed by atoms with Gasteiger partial charge in [0.05, 0.1) is 0 Å². The molecular formula is C16H33N3O. The minimum atomic E-state index is 0.586. The highest BCUT2D eigenvalue weighted by molar-refractivity contribution is 5.79. The van der Waals surface area contributed by atoms with Gasteiger partial charge in [0.15, 0.2) is 5.96 Å². The average molecular weight is 283 g/mol. The van der Waals surface area contributed by atoms with Crippen LogP contribution in [0.15, 0.2) is 4.99 Å². The van der Waals surface area contributed by atoms with Crippen molar-refractivity contribution in [2.45, 2.75) is 58.9 Å². The molecule has 0 spiro atoms. The fourth-order valence-electron chi connectivity index (χ4n) is 2.84. The van der Waals surface area contributed by atoms with Crippen molar-refractivity contribution in [1.82, 2.24) is 10.6 Å². The second-order valence-electron chi connectivity index (χ2n) is 6.05. The molecule has 1 aliphatic carbocycles. The molecule has 0 heterocycles. The second kappa shape index (κ2) is 10.0. The molecule has 1 aliphatic rings. The number of nitrogens with one attached hydrogen (secondary N) is 2. The van der Waals surface area contributed by atoms with Crippen LogP contribution in [-0.2, 0) is 4.74 Å². The number of nitrogens with zero attached hydrogens (tertiary/aromatic N) is 1. The molecule has 0 aliphatic heterocycles. The Morgan fingerprint density at radius 1 is 1.25 bits per heavy atom. The standard InChI is InChI=1S/C16H33N3O/c1-5-20-12-6-11-18-16(17-4)19-15-9-7-14(8-10-15)13(2)3/h13-15H,5-12H2,1-4H3,(H2,17,18,19). The third-order valence-corrected chi connectivity index (χ3v) is 4.24. The van der Waals surface area contributed by atoms with Crippen molar-refractivity contribution in [3.8, 4) is 0 Å². The molecule has 0 amide bonds. The first-order valence-corrected chi connectivity index (χ1v) is 8.22. The lowest BCUT2D eigenvalue weighted by Gasteiger charge is -2.32. The van der Waals surface area contributed by atoms with Crippen molar-refractivity contribution in [2.24, 2.45) is 16.8 Å². The summed E-state index contributed by atoms with van der Waals surface area (Å²) in [7, 11) is 1.84. The Morgan fingerprint density at radius 2 is 1.95 bits per heavy atom. The summed E-state index contributed by atoms with van der Waals surface area (Å²) in [4.78, 5) is 4.31. The van der Waals surface area contributed by atoms with Crippen LogP contribution in [0.3, 0.4) is 0 Å². The Hall–Kier alpha value is -0.770. The fraction of sp³-hybridized carbons (Fsp3) is 0.938. The molecule has 4 heteroatoms. The van der Waals surface area contributed by atoms with Gasteiger partial charge >= 0.3 is 0 Å². The van der Waals surface area contributed by atoms with E-state index in [1.807, 2.05) is 14.0 Å². The maximum atomic E-state index is 5.33. The van der Waals surface area contributed by atoms with Crippen LogP contribution in [0.1, 0.15) is 52.9 Å². The number of hydrogen-bond donors (Lipinski definition) is 2. The maximum absolute atomic E-state index is 5.33. The lowest BCUT2D eigenvalue weighted by molar-refractivity contribution is 0.145. The molecule has 0 aromatic carbocycles. The van der Waals surface area contributed by atoms with Gasteiger partial charge in [-0.1, -0.05) is 13.8 Å². The highest BCUT2D eigenvalue weighted by Crippen LogP contribution is 2.29. The summed E-state index contributed by atoms with van der Waals surface area (Å²) in [5.74, 6) is 2.68. The van der Waals surface area contributed by atoms with Crippen LogP contribution in [0, 0.1) is 11.8 Å². The molecule has 1 rings (SSSR count). The lowest BCUT2D eigenvalue weighted by atomic mass is 9.80. The number of hydrogen-bond acceptors (Lipinski definition) is 2. The molecule has 2 N–H and O–H groups in total. The van der Waals surface area contributed by atoms with Gasteiger partial charge in [-0.2, -0.15) is 0 Å². The first-order chi connectivity index (χ1) is 9.67. The topological polar surface area (TPSA) is 45.6 Å². The zero-order chi connectivity index (χ0) is 14.8. The van der Waals surface area contributed by atoms with E-state index in [0.717, 1.165) is 44.0 Å². The zero-order valence-electron chi connectivity index (χ0n) is 13.7. The molecule has 0 aromatic heterocycles. The van der Waals surface area contributed by atoms with Crippen LogP contribution < -0.4 is 10.6 Å². The van der Waals surface area contributed by atoms with Crippen molar-refractivity contribution in [3.63, 3.8) is 0 Å². The smallest absolute Gasteiger partial charge is 0.191 e. The highest BCUT2D eigenvalue weighted by Gasteiger charge is 2.23. The molecule has 0 atom stereocenters. The highest BCUT2D eigenvalue weighted by atomic mass is 16.5. The van der Waals surface area contributed by atoms with Crippen LogP contribution in [0.25, 0.3) is 0 Å². The Bertz CT molecular complexity index is 271. The van der Waals surface area contributed by atoms with Crippen LogP contribution >= 0.6 is 0 Å². The van der Waals surface area contributed by atoms with Gasteiger partial charge in [-0.3, -0.25) is 4.99 Å². The minimum absolute atomic E-state index is 0.586. The molecule has 1 saturated carbocycles. The quantitative estimate of drug-likeness (QED) is 0.429. The van der Waals surface area contributed by atoms with Gasteiger partial charge in [0.2, 0.25) is 0 Å². The van der Waals surface area contributed by atoms with Crippen molar-refractivity contribution in [3.05, 3.63) is 0 Å². The van der Waals surface area contributed by atoms with Gasteiger partial charge in [-0.05, 0) is 50.9 Å². The predicted octanol–water partition coefficient (Wildman–Crippen LogP) is 2.79. The van der Waals surface area contributed by atoms with E-state index in [2.05, 4.69) is 29.5 Å². The van der Waals surface area contributed by atoms with Gasteiger partial charge in [0, 0.05) is 32.8 Å². The molecule has 20 heavy (non-hydrogen) atoms. The van der Waals surface area contributed by atoms with E-state index in [9.17, 15) is 0 Å². The zero-order valence-corrected chi connectivity index (χ0v) is 13.7. The van der Waals surface area contributed by atoms with E-state index in [0.29, 0.717) is 6.04 Å². The van der Waals surface area contributed by atoms with E-state index in [1.54, 1.807) is 0 Å². The summed E-state index contributed by atoms with van der Waals surface area (Å²) in [5.41, 5.74) is 0. The van der Waals surface area contributed by atoms with Crippen molar-refractivity contribution >= 4 is 5.96 Å². The SMILES string of the molecule is CCOCCCNC(=NC)NC1CCC(C(C)C)CC1. The fourth-order valence-corrected chi connectivity index (χ4v) is 2.84. The van der Waals surface area contributed by atoms with Crippen molar-refractivity contribution < 1.29 is 4.74 Å². The molecule has 0 radical (unpaired) electrons. The number of guanidine groups is 1. The van der Waals surface area contributed by atoms with Crippen LogP contribution in [0.5, 0.6) is 0 Å². The van der Waals surface area contributed by atoms with E-state index in [1.165, 1.54) is 25.7 Å². The van der Waals surface area contributed by atoms with Crippen molar-refractivity contribution in [1.29, 1.82) is 0 Å². The van der Waals surface area contributed by atoms with E-state index in [-0.39, 0.29) is 0 Å². The number of ether oxygens (including phenoxy) is 1. The lowest BCUT2D eigenvalue weighted by Crippen LogP contribution is -2.45. The molecule has 1 fully saturated rings.